The molecule has 1 unspecified atom stereocenters. The lowest BCUT2D eigenvalue weighted by Crippen LogP contribution is -2.08. The molecule has 0 amide bonds. The second kappa shape index (κ2) is 5.62. The van der Waals surface area contributed by atoms with Gasteiger partial charge in [-0.2, -0.15) is 13.2 Å². The third-order valence-corrected chi connectivity index (χ3v) is 2.88. The van der Waals surface area contributed by atoms with Gasteiger partial charge in [-0.1, -0.05) is 19.1 Å². The largest absolute Gasteiger partial charge is 0.423 e. The standard InChI is InChI=1S/C13H14F3N3O/c1-2-10(17)12-19-18-11(20-12)7-8-3-5-9(6-4-8)13(14,15)16/h3-6,10H,2,7,17H2,1H3. The molecule has 20 heavy (non-hydrogen) atoms. The number of aromatic nitrogens is 2. The number of alkyl halides is 3. The van der Waals surface area contributed by atoms with E-state index in [1.54, 1.807) is 0 Å². The number of nitrogens with two attached hydrogens (primary N) is 1. The Morgan fingerprint density at radius 1 is 1.20 bits per heavy atom. The minimum atomic E-state index is -4.33. The summed E-state index contributed by atoms with van der Waals surface area (Å²) < 4.78 is 42.6. The van der Waals surface area contributed by atoms with Crippen LogP contribution in [-0.2, 0) is 12.6 Å². The second-order valence-corrected chi connectivity index (χ2v) is 4.42. The molecule has 2 aromatic rings. The van der Waals surface area contributed by atoms with Crippen LogP contribution in [-0.4, -0.2) is 10.2 Å². The van der Waals surface area contributed by atoms with Crippen LogP contribution in [0.4, 0.5) is 13.2 Å². The van der Waals surface area contributed by atoms with Gasteiger partial charge in [0.15, 0.2) is 0 Å². The van der Waals surface area contributed by atoms with Crippen LogP contribution in [0.3, 0.4) is 0 Å². The van der Waals surface area contributed by atoms with E-state index in [0.29, 0.717) is 23.8 Å². The van der Waals surface area contributed by atoms with E-state index in [1.165, 1.54) is 12.1 Å². The van der Waals surface area contributed by atoms with Gasteiger partial charge < -0.3 is 10.2 Å². The second-order valence-electron chi connectivity index (χ2n) is 4.42. The molecule has 0 saturated carbocycles. The molecule has 1 aromatic heterocycles. The normalized spacial score (nSPS) is 13.4. The van der Waals surface area contributed by atoms with Gasteiger partial charge in [-0.3, -0.25) is 0 Å². The molecule has 7 heteroatoms. The monoisotopic (exact) mass is 285 g/mol. The summed E-state index contributed by atoms with van der Waals surface area (Å²) >= 11 is 0. The maximum atomic E-state index is 12.4. The van der Waals surface area contributed by atoms with Gasteiger partial charge in [0.2, 0.25) is 11.8 Å². The summed E-state index contributed by atoms with van der Waals surface area (Å²) in [5, 5.41) is 7.65. The summed E-state index contributed by atoms with van der Waals surface area (Å²) in [5.41, 5.74) is 5.73. The van der Waals surface area contributed by atoms with E-state index >= 15 is 0 Å². The van der Waals surface area contributed by atoms with E-state index in [2.05, 4.69) is 10.2 Å². The van der Waals surface area contributed by atoms with Crippen molar-refractivity contribution in [3.8, 4) is 0 Å². The van der Waals surface area contributed by atoms with Gasteiger partial charge in [0, 0.05) is 0 Å². The molecule has 0 aliphatic heterocycles. The van der Waals surface area contributed by atoms with Crippen LogP contribution < -0.4 is 5.73 Å². The molecule has 0 aliphatic rings. The zero-order valence-corrected chi connectivity index (χ0v) is 10.8. The predicted molar refractivity (Wildman–Crippen MR) is 65.8 cm³/mol. The molecule has 0 bridgehead atoms. The van der Waals surface area contributed by atoms with Gasteiger partial charge in [0.1, 0.15) is 0 Å². The number of halogens is 3. The molecule has 108 valence electrons. The van der Waals surface area contributed by atoms with E-state index in [1.807, 2.05) is 6.92 Å². The van der Waals surface area contributed by atoms with E-state index in [4.69, 9.17) is 10.2 Å². The van der Waals surface area contributed by atoms with Crippen molar-refractivity contribution in [2.45, 2.75) is 32.0 Å². The molecule has 1 heterocycles. The Morgan fingerprint density at radius 3 is 2.40 bits per heavy atom. The van der Waals surface area contributed by atoms with E-state index < -0.39 is 11.7 Å². The van der Waals surface area contributed by atoms with Crippen molar-refractivity contribution in [3.05, 3.63) is 47.2 Å². The SMILES string of the molecule is CCC(N)c1nnc(Cc2ccc(C(F)(F)F)cc2)o1. The van der Waals surface area contributed by atoms with Crippen molar-refractivity contribution in [2.75, 3.05) is 0 Å². The topological polar surface area (TPSA) is 64.9 Å². The lowest BCUT2D eigenvalue weighted by Gasteiger charge is -2.06. The van der Waals surface area contributed by atoms with Crippen molar-refractivity contribution in [3.63, 3.8) is 0 Å². The van der Waals surface area contributed by atoms with Crippen molar-refractivity contribution < 1.29 is 17.6 Å². The Bertz CT molecular complexity index is 563. The molecule has 4 nitrogen and oxygen atoms in total. The molecule has 2 rings (SSSR count). The van der Waals surface area contributed by atoms with Gasteiger partial charge in [-0.25, -0.2) is 0 Å². The first-order chi connectivity index (χ1) is 9.40. The molecule has 0 aliphatic carbocycles. The van der Waals surface area contributed by atoms with Crippen molar-refractivity contribution in [1.29, 1.82) is 0 Å². The maximum absolute atomic E-state index is 12.4. The highest BCUT2D eigenvalue weighted by Crippen LogP contribution is 2.29. The molecule has 0 spiro atoms. The van der Waals surface area contributed by atoms with Crippen LogP contribution in [0.2, 0.25) is 0 Å². The van der Waals surface area contributed by atoms with Gasteiger partial charge >= 0.3 is 6.18 Å². The van der Waals surface area contributed by atoms with Crippen LogP contribution in [0, 0.1) is 0 Å². The Balaban J connectivity index is 2.08. The average molecular weight is 285 g/mol. The third kappa shape index (κ3) is 3.36. The first-order valence-corrected chi connectivity index (χ1v) is 6.14. The van der Waals surface area contributed by atoms with Crippen molar-refractivity contribution >= 4 is 0 Å². The minimum absolute atomic E-state index is 0.279. The summed E-state index contributed by atoms with van der Waals surface area (Å²) in [6, 6.07) is 4.54. The summed E-state index contributed by atoms with van der Waals surface area (Å²) in [6.45, 7) is 1.89. The molecule has 0 saturated heterocycles. The summed E-state index contributed by atoms with van der Waals surface area (Å²) in [7, 11) is 0. The predicted octanol–water partition coefficient (Wildman–Crippen LogP) is 3.09. The van der Waals surface area contributed by atoms with Crippen LogP contribution in [0.1, 0.15) is 42.3 Å². The van der Waals surface area contributed by atoms with Crippen molar-refractivity contribution in [2.24, 2.45) is 5.73 Å². The summed E-state index contributed by atoms with van der Waals surface area (Å²) in [4.78, 5) is 0. The number of hydrogen-bond donors (Lipinski definition) is 1. The fourth-order valence-corrected chi connectivity index (χ4v) is 1.65. The molecule has 2 N–H and O–H groups in total. The van der Waals surface area contributed by atoms with Crippen LogP contribution in [0.15, 0.2) is 28.7 Å². The highest BCUT2D eigenvalue weighted by molar-refractivity contribution is 5.26. The first-order valence-electron chi connectivity index (χ1n) is 6.14. The Morgan fingerprint density at radius 2 is 1.85 bits per heavy atom. The van der Waals surface area contributed by atoms with Crippen LogP contribution in [0.5, 0.6) is 0 Å². The van der Waals surface area contributed by atoms with Gasteiger partial charge in [-0.05, 0) is 24.1 Å². The molecular weight excluding hydrogens is 271 g/mol. The van der Waals surface area contributed by atoms with Gasteiger partial charge in [-0.15, -0.1) is 10.2 Å². The van der Waals surface area contributed by atoms with E-state index in [-0.39, 0.29) is 12.5 Å². The lowest BCUT2D eigenvalue weighted by molar-refractivity contribution is -0.137. The van der Waals surface area contributed by atoms with E-state index in [9.17, 15) is 13.2 Å². The average Bonchev–Trinajstić information content (AvgIpc) is 2.86. The Hall–Kier alpha value is -1.89. The van der Waals surface area contributed by atoms with Gasteiger partial charge in [0.25, 0.3) is 0 Å². The number of nitrogens with zero attached hydrogens (tertiary/aromatic N) is 2. The Labute approximate surface area is 113 Å². The Kier molecular flexibility index (Phi) is 4.08. The lowest BCUT2D eigenvalue weighted by atomic mass is 10.1. The van der Waals surface area contributed by atoms with Crippen LogP contribution in [0.25, 0.3) is 0 Å². The quantitative estimate of drug-likeness (QED) is 0.937. The fourth-order valence-electron chi connectivity index (χ4n) is 1.65. The molecule has 0 radical (unpaired) electrons. The molecule has 0 fully saturated rings. The molecule has 1 atom stereocenters. The molecule has 1 aromatic carbocycles. The highest BCUT2D eigenvalue weighted by atomic mass is 19.4. The highest BCUT2D eigenvalue weighted by Gasteiger charge is 2.29. The van der Waals surface area contributed by atoms with Crippen LogP contribution >= 0.6 is 0 Å². The number of rotatable bonds is 4. The summed E-state index contributed by atoms with van der Waals surface area (Å²) in [6.07, 6.45) is -3.38. The number of hydrogen-bond acceptors (Lipinski definition) is 4. The third-order valence-electron chi connectivity index (χ3n) is 2.88. The summed E-state index contributed by atoms with van der Waals surface area (Å²) in [5.74, 6) is 0.679. The molecular formula is C13H14F3N3O. The van der Waals surface area contributed by atoms with Gasteiger partial charge in [0.05, 0.1) is 18.0 Å². The smallest absolute Gasteiger partial charge is 0.416 e. The fraction of sp³-hybridized carbons (Fsp3) is 0.385. The number of benzene rings is 1. The van der Waals surface area contributed by atoms with E-state index in [0.717, 1.165) is 12.1 Å². The first kappa shape index (κ1) is 14.5. The van der Waals surface area contributed by atoms with Crippen molar-refractivity contribution in [1.82, 2.24) is 10.2 Å². The minimum Gasteiger partial charge on any atom is -0.423 e. The zero-order valence-electron chi connectivity index (χ0n) is 10.8. The zero-order chi connectivity index (χ0) is 14.8. The maximum Gasteiger partial charge on any atom is 0.416 e.